The van der Waals surface area contributed by atoms with Gasteiger partial charge in [0.05, 0.1) is 19.4 Å². The molecule has 2 aliphatic heterocycles. The van der Waals surface area contributed by atoms with Crippen molar-refractivity contribution >= 4 is 23.1 Å². The smallest absolute Gasteiger partial charge is 0.310 e. The summed E-state index contributed by atoms with van der Waals surface area (Å²) in [5.74, 6) is 0.634. The van der Waals surface area contributed by atoms with E-state index in [1.54, 1.807) is 0 Å². The second kappa shape index (κ2) is 18.4. The molecule has 8 heteroatoms. The summed E-state index contributed by atoms with van der Waals surface area (Å²) in [4.78, 5) is 27.3. The Bertz CT molecular complexity index is 1930. The number of hydrogen-bond donors (Lipinski definition) is 1. The average Bonchev–Trinajstić information content (AvgIpc) is 3.36. The number of carbonyl (C=O) groups excluding carboxylic acids is 1. The molecule has 272 valence electrons. The van der Waals surface area contributed by atoms with Crippen molar-refractivity contribution < 1.29 is 28.9 Å². The van der Waals surface area contributed by atoms with Crippen LogP contribution in [0.1, 0.15) is 64.3 Å². The van der Waals surface area contributed by atoms with Gasteiger partial charge in [-0.3, -0.25) is 9.59 Å². The molecule has 0 amide bonds. The Hall–Kier alpha value is -5.18. The van der Waals surface area contributed by atoms with Crippen LogP contribution in [0.5, 0.6) is 11.5 Å². The summed E-state index contributed by atoms with van der Waals surface area (Å²) in [6.45, 7) is 5.22. The van der Waals surface area contributed by atoms with Crippen LogP contribution < -0.4 is 9.47 Å². The second-order valence-electron chi connectivity index (χ2n) is 13.5. The number of carboxylic acids is 1. The lowest BCUT2D eigenvalue weighted by Gasteiger charge is -2.13. The Labute approximate surface area is 307 Å². The van der Waals surface area contributed by atoms with Crippen LogP contribution >= 0.6 is 0 Å². The van der Waals surface area contributed by atoms with Crippen LogP contribution in [-0.4, -0.2) is 74.7 Å². The van der Waals surface area contributed by atoms with Crippen LogP contribution in [-0.2, 0) is 40.4 Å². The molecule has 0 atom stereocenters. The summed E-state index contributed by atoms with van der Waals surface area (Å²) >= 11 is 0. The Kier molecular flexibility index (Phi) is 13.4. The fraction of sp³-hybridized carbons (Fsp3) is 0.318. The van der Waals surface area contributed by atoms with Crippen molar-refractivity contribution in [2.24, 2.45) is 0 Å². The van der Waals surface area contributed by atoms with E-state index in [9.17, 15) is 9.59 Å². The Balaban J connectivity index is 0.000000202. The summed E-state index contributed by atoms with van der Waals surface area (Å²) in [6, 6.07) is 28.3. The van der Waals surface area contributed by atoms with Crippen molar-refractivity contribution in [3.05, 3.63) is 142 Å². The molecule has 0 radical (unpaired) electrons. The van der Waals surface area contributed by atoms with E-state index in [1.165, 1.54) is 16.7 Å². The Morgan fingerprint density at radius 2 is 1.13 bits per heavy atom. The van der Waals surface area contributed by atoms with Crippen LogP contribution in [0.15, 0.2) is 97.1 Å². The molecule has 0 unspecified atom stereocenters. The molecule has 6 rings (SSSR count). The lowest BCUT2D eigenvalue weighted by atomic mass is 9.92. The third kappa shape index (κ3) is 10.2. The average molecular weight is 703 g/mol. The fourth-order valence-electron chi connectivity index (χ4n) is 6.39. The normalized spacial score (nSPS) is 14.4. The van der Waals surface area contributed by atoms with Gasteiger partial charge in [0.2, 0.25) is 0 Å². The molecule has 1 N–H and O–H groups in total. The van der Waals surface area contributed by atoms with E-state index in [0.29, 0.717) is 19.8 Å². The van der Waals surface area contributed by atoms with E-state index in [1.807, 2.05) is 55.5 Å². The first kappa shape index (κ1) is 38.1. The standard InChI is InChI=1S/C23H27NO3.C21H23NO3/c1-4-26-23(25)15-17-11-12-22-21(14-17)20(10-7-13-24(2)3)19-9-6-5-8-18(19)16-27-22;1-22(2)11-5-8-18-17-7-4-3-6-16(17)14-25-20-10-9-15(12-19(18)20)13-21(23)24/h5-6,8-12,14H,4,7,13,15-16H2,1-3H3;3-4,6-10,12H,5,11,13-14H2,1-2H3,(H,23,24)/b20-10-;18-8-. The fourth-order valence-corrected chi connectivity index (χ4v) is 6.39. The van der Waals surface area contributed by atoms with Gasteiger partial charge in [0, 0.05) is 24.2 Å². The molecule has 2 heterocycles. The highest BCUT2D eigenvalue weighted by Crippen LogP contribution is 2.39. The molecule has 0 saturated carbocycles. The highest BCUT2D eigenvalue weighted by molar-refractivity contribution is 5.87. The van der Waals surface area contributed by atoms with Crippen molar-refractivity contribution in [2.45, 2.75) is 45.8 Å². The largest absolute Gasteiger partial charge is 0.488 e. The van der Waals surface area contributed by atoms with Gasteiger partial charge >= 0.3 is 11.9 Å². The van der Waals surface area contributed by atoms with Gasteiger partial charge in [0.1, 0.15) is 24.7 Å². The molecular weight excluding hydrogens is 652 g/mol. The van der Waals surface area contributed by atoms with Gasteiger partial charge < -0.3 is 29.1 Å². The lowest BCUT2D eigenvalue weighted by molar-refractivity contribution is -0.142. The molecule has 0 bridgehead atoms. The highest BCUT2D eigenvalue weighted by Gasteiger charge is 2.21. The third-order valence-electron chi connectivity index (χ3n) is 8.91. The van der Waals surface area contributed by atoms with Crippen molar-refractivity contribution in [3.63, 3.8) is 0 Å². The van der Waals surface area contributed by atoms with Gasteiger partial charge in [0.25, 0.3) is 0 Å². The third-order valence-corrected chi connectivity index (χ3v) is 8.91. The topological polar surface area (TPSA) is 88.5 Å². The first-order valence-electron chi connectivity index (χ1n) is 17.9. The molecule has 4 aromatic carbocycles. The lowest BCUT2D eigenvalue weighted by Crippen LogP contribution is -2.12. The van der Waals surface area contributed by atoms with Gasteiger partial charge in [-0.05, 0) is 117 Å². The molecule has 0 fully saturated rings. The van der Waals surface area contributed by atoms with Gasteiger partial charge in [-0.25, -0.2) is 0 Å². The van der Waals surface area contributed by atoms with Gasteiger partial charge in [-0.15, -0.1) is 0 Å². The molecular formula is C44H50N2O6. The SMILES string of the molecule is CCOC(=O)Cc1ccc2c(c1)/C(=C\CCN(C)C)c1ccccc1CO2.CN(C)CC/C=C1/c2ccccc2COc2ccc(CC(=O)O)cc21. The summed E-state index contributed by atoms with van der Waals surface area (Å²) in [5, 5.41) is 9.10. The van der Waals surface area contributed by atoms with Gasteiger partial charge in [-0.2, -0.15) is 0 Å². The quantitative estimate of drug-likeness (QED) is 0.160. The number of nitrogens with zero attached hydrogens (tertiary/aromatic N) is 2. The minimum Gasteiger partial charge on any atom is -0.488 e. The first-order chi connectivity index (χ1) is 25.1. The summed E-state index contributed by atoms with van der Waals surface area (Å²) in [6.07, 6.45) is 6.66. The van der Waals surface area contributed by atoms with E-state index in [-0.39, 0.29) is 18.8 Å². The van der Waals surface area contributed by atoms with Crippen molar-refractivity contribution in [1.29, 1.82) is 0 Å². The Morgan fingerprint density at radius 3 is 1.58 bits per heavy atom. The van der Waals surface area contributed by atoms with E-state index in [4.69, 9.17) is 19.3 Å². The van der Waals surface area contributed by atoms with Crippen LogP contribution in [0, 0.1) is 0 Å². The van der Waals surface area contributed by atoms with Crippen LogP contribution in [0.25, 0.3) is 11.1 Å². The number of fused-ring (bicyclic) bond motifs is 4. The predicted octanol–water partition coefficient (Wildman–Crippen LogP) is 7.66. The van der Waals surface area contributed by atoms with Crippen molar-refractivity contribution in [2.75, 3.05) is 47.9 Å². The minimum atomic E-state index is -0.826. The van der Waals surface area contributed by atoms with E-state index < -0.39 is 5.97 Å². The zero-order chi connectivity index (χ0) is 37.0. The number of ether oxygens (including phenoxy) is 3. The predicted molar refractivity (Wildman–Crippen MR) is 207 cm³/mol. The van der Waals surface area contributed by atoms with Crippen LogP contribution in [0.3, 0.4) is 0 Å². The van der Waals surface area contributed by atoms with Gasteiger partial charge in [-0.1, -0.05) is 72.8 Å². The van der Waals surface area contributed by atoms with Gasteiger partial charge in [0.15, 0.2) is 0 Å². The Morgan fingerprint density at radius 1 is 0.673 bits per heavy atom. The van der Waals surface area contributed by atoms with Crippen molar-refractivity contribution in [1.82, 2.24) is 9.80 Å². The zero-order valence-electron chi connectivity index (χ0n) is 31.0. The van der Waals surface area contributed by atoms with Crippen molar-refractivity contribution in [3.8, 4) is 11.5 Å². The summed E-state index contributed by atoms with van der Waals surface area (Å²) < 4.78 is 17.2. The molecule has 8 nitrogen and oxygen atoms in total. The van der Waals surface area contributed by atoms with E-state index >= 15 is 0 Å². The number of carboxylic acid groups (broad SMARTS) is 1. The number of hydrogen-bond acceptors (Lipinski definition) is 7. The monoisotopic (exact) mass is 702 g/mol. The second-order valence-corrected chi connectivity index (χ2v) is 13.5. The number of esters is 1. The number of aliphatic carboxylic acids is 1. The number of benzene rings is 4. The summed E-state index contributed by atoms with van der Waals surface area (Å²) in [7, 11) is 8.27. The molecule has 2 aliphatic rings. The minimum absolute atomic E-state index is 0.0138. The maximum atomic E-state index is 11.9. The first-order valence-corrected chi connectivity index (χ1v) is 17.9. The van der Waals surface area contributed by atoms with Crippen LogP contribution in [0.2, 0.25) is 0 Å². The maximum absolute atomic E-state index is 11.9. The maximum Gasteiger partial charge on any atom is 0.310 e. The van der Waals surface area contributed by atoms with E-state index in [0.717, 1.165) is 76.4 Å². The highest BCUT2D eigenvalue weighted by atomic mass is 16.5. The molecule has 0 aromatic heterocycles. The molecule has 0 aliphatic carbocycles. The van der Waals surface area contributed by atoms with Crippen LogP contribution in [0.4, 0.5) is 0 Å². The van der Waals surface area contributed by atoms with E-state index in [2.05, 4.69) is 86.5 Å². The summed E-state index contributed by atoms with van der Waals surface area (Å²) in [5.41, 5.74) is 10.7. The molecule has 0 saturated heterocycles. The molecule has 0 spiro atoms. The number of rotatable bonds is 11. The zero-order valence-corrected chi connectivity index (χ0v) is 31.0. The molecule has 52 heavy (non-hydrogen) atoms. The number of carbonyl (C=O) groups is 2. The molecule has 4 aromatic rings.